The van der Waals surface area contributed by atoms with Crippen LogP contribution in [0.25, 0.3) is 0 Å². The van der Waals surface area contributed by atoms with Crippen LogP contribution in [0.4, 0.5) is 0 Å². The summed E-state index contributed by atoms with van der Waals surface area (Å²) in [5.74, 6) is 2.44. The molecule has 3 rings (SSSR count). The van der Waals surface area contributed by atoms with Gasteiger partial charge in [0.05, 0.1) is 0 Å². The van der Waals surface area contributed by atoms with Crippen molar-refractivity contribution in [3.8, 4) is 0 Å². The van der Waals surface area contributed by atoms with E-state index >= 15 is 0 Å². The predicted molar refractivity (Wildman–Crippen MR) is 83.4 cm³/mol. The molecule has 4 unspecified atom stereocenters. The highest BCUT2D eigenvalue weighted by Crippen LogP contribution is 2.43. The SMILES string of the molecule is CC1CC(C)CC(C(N)C2Cc3ccccc3S2)C1. The first-order valence-electron chi connectivity index (χ1n) is 7.63. The molecule has 1 nitrogen and oxygen atoms in total. The monoisotopic (exact) mass is 275 g/mol. The van der Waals surface area contributed by atoms with E-state index < -0.39 is 0 Å². The minimum Gasteiger partial charge on any atom is -0.326 e. The van der Waals surface area contributed by atoms with Crippen molar-refractivity contribution in [1.29, 1.82) is 0 Å². The van der Waals surface area contributed by atoms with Gasteiger partial charge in [0.2, 0.25) is 0 Å². The van der Waals surface area contributed by atoms with Gasteiger partial charge >= 0.3 is 0 Å². The van der Waals surface area contributed by atoms with Gasteiger partial charge in [-0.25, -0.2) is 0 Å². The number of rotatable bonds is 2. The Labute approximate surface area is 121 Å². The number of nitrogens with two attached hydrogens (primary N) is 1. The van der Waals surface area contributed by atoms with Crippen LogP contribution >= 0.6 is 11.8 Å². The summed E-state index contributed by atoms with van der Waals surface area (Å²) in [5, 5.41) is 0.597. The van der Waals surface area contributed by atoms with Gasteiger partial charge in [-0.2, -0.15) is 0 Å². The van der Waals surface area contributed by atoms with Crippen LogP contribution in [-0.4, -0.2) is 11.3 Å². The van der Waals surface area contributed by atoms with E-state index in [9.17, 15) is 0 Å². The third kappa shape index (κ3) is 2.85. The van der Waals surface area contributed by atoms with Crippen LogP contribution in [-0.2, 0) is 6.42 Å². The first-order chi connectivity index (χ1) is 9.13. The van der Waals surface area contributed by atoms with Crippen LogP contribution in [0, 0.1) is 17.8 Å². The van der Waals surface area contributed by atoms with E-state index in [0.717, 1.165) is 17.8 Å². The van der Waals surface area contributed by atoms with Crippen molar-refractivity contribution in [3.63, 3.8) is 0 Å². The fourth-order valence-corrected chi connectivity index (χ4v) is 5.48. The Morgan fingerprint density at radius 1 is 1.11 bits per heavy atom. The number of hydrogen-bond acceptors (Lipinski definition) is 2. The molecule has 1 aliphatic heterocycles. The van der Waals surface area contributed by atoms with Gasteiger partial charge in [-0.05, 0) is 55.1 Å². The van der Waals surface area contributed by atoms with Gasteiger partial charge in [0.25, 0.3) is 0 Å². The average Bonchev–Trinajstić information content (AvgIpc) is 2.80. The van der Waals surface area contributed by atoms with Crippen LogP contribution in [0.15, 0.2) is 29.2 Å². The molecule has 0 amide bonds. The van der Waals surface area contributed by atoms with Gasteiger partial charge in [0, 0.05) is 16.2 Å². The number of thioether (sulfide) groups is 1. The first-order valence-corrected chi connectivity index (χ1v) is 8.51. The molecule has 104 valence electrons. The molecule has 1 heterocycles. The van der Waals surface area contributed by atoms with E-state index in [1.54, 1.807) is 0 Å². The summed E-state index contributed by atoms with van der Waals surface area (Å²) in [7, 11) is 0. The first kappa shape index (κ1) is 13.5. The molecule has 1 fully saturated rings. The molecule has 0 radical (unpaired) electrons. The van der Waals surface area contributed by atoms with Gasteiger partial charge in [0.15, 0.2) is 0 Å². The molecule has 19 heavy (non-hydrogen) atoms. The second-order valence-electron chi connectivity index (χ2n) is 6.72. The van der Waals surface area contributed by atoms with Gasteiger partial charge < -0.3 is 5.73 Å². The lowest BCUT2D eigenvalue weighted by molar-refractivity contribution is 0.191. The molecule has 0 spiro atoms. The molecule has 1 saturated carbocycles. The molecule has 0 aromatic heterocycles. The Morgan fingerprint density at radius 2 is 1.79 bits per heavy atom. The van der Waals surface area contributed by atoms with Crippen molar-refractivity contribution in [2.45, 2.75) is 55.7 Å². The summed E-state index contributed by atoms with van der Waals surface area (Å²) in [5.41, 5.74) is 8.14. The minimum absolute atomic E-state index is 0.364. The van der Waals surface area contributed by atoms with E-state index in [1.165, 1.54) is 36.1 Å². The Balaban J connectivity index is 1.67. The topological polar surface area (TPSA) is 26.0 Å². The number of fused-ring (bicyclic) bond motifs is 1. The molecular formula is C17H25NS. The molecule has 0 bridgehead atoms. The van der Waals surface area contributed by atoms with Crippen molar-refractivity contribution < 1.29 is 0 Å². The van der Waals surface area contributed by atoms with Crippen LogP contribution < -0.4 is 5.73 Å². The van der Waals surface area contributed by atoms with Gasteiger partial charge in [-0.15, -0.1) is 11.8 Å². The largest absolute Gasteiger partial charge is 0.326 e. The maximum atomic E-state index is 6.64. The van der Waals surface area contributed by atoms with E-state index in [1.807, 2.05) is 11.8 Å². The van der Waals surface area contributed by atoms with Gasteiger partial charge in [0.1, 0.15) is 0 Å². The zero-order valence-corrected chi connectivity index (χ0v) is 12.8. The number of hydrogen-bond donors (Lipinski definition) is 1. The second kappa shape index (κ2) is 5.49. The van der Waals surface area contributed by atoms with Gasteiger partial charge in [-0.1, -0.05) is 32.0 Å². The van der Waals surface area contributed by atoms with Crippen LogP contribution in [0.5, 0.6) is 0 Å². The van der Waals surface area contributed by atoms with Crippen molar-refractivity contribution in [2.24, 2.45) is 23.5 Å². The fourth-order valence-electron chi connectivity index (χ4n) is 4.05. The van der Waals surface area contributed by atoms with Crippen molar-refractivity contribution in [1.82, 2.24) is 0 Å². The molecule has 4 atom stereocenters. The lowest BCUT2D eigenvalue weighted by atomic mass is 9.73. The van der Waals surface area contributed by atoms with E-state index in [4.69, 9.17) is 5.73 Å². The van der Waals surface area contributed by atoms with Gasteiger partial charge in [-0.3, -0.25) is 0 Å². The Kier molecular flexibility index (Phi) is 3.91. The summed E-state index contributed by atoms with van der Waals surface area (Å²) >= 11 is 2.02. The normalized spacial score (nSPS) is 35.9. The lowest BCUT2D eigenvalue weighted by Crippen LogP contribution is -2.42. The summed E-state index contributed by atoms with van der Waals surface area (Å²) in [6.07, 6.45) is 5.22. The summed E-state index contributed by atoms with van der Waals surface area (Å²) in [6, 6.07) is 9.17. The van der Waals surface area contributed by atoms with Crippen molar-refractivity contribution in [2.75, 3.05) is 0 Å². The maximum Gasteiger partial charge on any atom is 0.0289 e. The Bertz CT molecular complexity index is 410. The third-order valence-corrected chi connectivity index (χ3v) is 6.30. The van der Waals surface area contributed by atoms with Crippen LogP contribution in [0.2, 0.25) is 0 Å². The number of benzene rings is 1. The highest BCUT2D eigenvalue weighted by molar-refractivity contribution is 8.00. The lowest BCUT2D eigenvalue weighted by Gasteiger charge is -2.37. The van der Waals surface area contributed by atoms with Crippen LogP contribution in [0.1, 0.15) is 38.7 Å². The standard InChI is InChI=1S/C17H25NS/c1-11-7-12(2)9-14(8-11)17(18)16-10-13-5-3-4-6-15(13)19-16/h3-6,11-12,14,16-17H,7-10,18H2,1-2H3. The second-order valence-corrected chi connectivity index (χ2v) is 8.00. The van der Waals surface area contributed by atoms with Crippen LogP contribution in [0.3, 0.4) is 0 Å². The van der Waals surface area contributed by atoms with Crippen molar-refractivity contribution in [3.05, 3.63) is 29.8 Å². The van der Waals surface area contributed by atoms with Crippen molar-refractivity contribution >= 4 is 11.8 Å². The fraction of sp³-hybridized carbons (Fsp3) is 0.647. The quantitative estimate of drug-likeness (QED) is 0.879. The molecule has 1 aromatic carbocycles. The molecule has 1 aromatic rings. The molecule has 2 heteroatoms. The smallest absolute Gasteiger partial charge is 0.0289 e. The Hall–Kier alpha value is -0.470. The highest BCUT2D eigenvalue weighted by Gasteiger charge is 2.35. The van der Waals surface area contributed by atoms with E-state index in [2.05, 4.69) is 38.1 Å². The third-order valence-electron chi connectivity index (χ3n) is 4.86. The summed E-state index contributed by atoms with van der Waals surface area (Å²) < 4.78 is 0. The minimum atomic E-state index is 0.364. The Morgan fingerprint density at radius 3 is 2.47 bits per heavy atom. The summed E-state index contributed by atoms with van der Waals surface area (Å²) in [4.78, 5) is 1.46. The highest BCUT2D eigenvalue weighted by atomic mass is 32.2. The molecule has 0 saturated heterocycles. The average molecular weight is 275 g/mol. The maximum absolute atomic E-state index is 6.64. The molecule has 2 N–H and O–H groups in total. The molecular weight excluding hydrogens is 250 g/mol. The summed E-state index contributed by atoms with van der Waals surface area (Å²) in [6.45, 7) is 4.79. The predicted octanol–water partition coefficient (Wildman–Crippen LogP) is 4.10. The van der Waals surface area contributed by atoms with E-state index in [0.29, 0.717) is 11.3 Å². The van der Waals surface area contributed by atoms with E-state index in [-0.39, 0.29) is 0 Å². The zero-order chi connectivity index (χ0) is 13.4. The molecule has 1 aliphatic carbocycles. The zero-order valence-electron chi connectivity index (χ0n) is 12.0. The molecule has 2 aliphatic rings.